The van der Waals surface area contributed by atoms with E-state index in [-0.39, 0.29) is 5.97 Å². The molecule has 0 radical (unpaired) electrons. The molecule has 0 saturated carbocycles. The zero-order chi connectivity index (χ0) is 15.9. The first kappa shape index (κ1) is 19.5. The summed E-state index contributed by atoms with van der Waals surface area (Å²) in [5.41, 5.74) is 0. The van der Waals surface area contributed by atoms with E-state index >= 15 is 0 Å². The largest absolute Gasteiger partial charge is 0.469 e. The molecule has 0 fully saturated rings. The lowest BCUT2D eigenvalue weighted by Gasteiger charge is -2.21. The molecule has 0 aliphatic heterocycles. The highest BCUT2D eigenvalue weighted by Crippen LogP contribution is 2.02. The Labute approximate surface area is 129 Å². The Hall–Kier alpha value is -1.52. The van der Waals surface area contributed by atoms with E-state index in [1.165, 1.54) is 7.11 Å². The minimum absolute atomic E-state index is 0.131. The molecule has 1 N–H and O–H groups in total. The molecule has 122 valence electrons. The number of esters is 1. The number of nitrogens with zero attached hydrogens (tertiary/aromatic N) is 2. The van der Waals surface area contributed by atoms with Crippen LogP contribution in [-0.2, 0) is 9.53 Å². The van der Waals surface area contributed by atoms with Gasteiger partial charge in [-0.15, -0.1) is 6.58 Å². The number of carbonyl (C=O) groups is 1. The number of methoxy groups -OCH3 is 1. The maximum Gasteiger partial charge on any atom is 0.305 e. The highest BCUT2D eigenvalue weighted by molar-refractivity contribution is 5.79. The van der Waals surface area contributed by atoms with Gasteiger partial charge in [0.25, 0.3) is 0 Å². The van der Waals surface area contributed by atoms with Gasteiger partial charge in [0.15, 0.2) is 5.96 Å². The number of hydrogen-bond acceptors (Lipinski definition) is 3. The molecule has 0 amide bonds. The van der Waals surface area contributed by atoms with Gasteiger partial charge >= 0.3 is 5.97 Å². The summed E-state index contributed by atoms with van der Waals surface area (Å²) in [7, 11) is 3.49. The van der Waals surface area contributed by atoms with Crippen LogP contribution in [0.4, 0.5) is 0 Å². The second-order valence-electron chi connectivity index (χ2n) is 4.97. The van der Waals surface area contributed by atoms with E-state index in [1.54, 1.807) is 0 Å². The summed E-state index contributed by atoms with van der Waals surface area (Å²) in [6, 6.07) is 0. The fourth-order valence-electron chi connectivity index (χ4n) is 1.89. The van der Waals surface area contributed by atoms with Gasteiger partial charge in [-0.3, -0.25) is 9.79 Å². The fraction of sp³-hybridized carbons (Fsp3) is 0.750. The summed E-state index contributed by atoms with van der Waals surface area (Å²) >= 11 is 0. The van der Waals surface area contributed by atoms with Crippen molar-refractivity contribution in [2.45, 2.75) is 45.4 Å². The zero-order valence-electron chi connectivity index (χ0n) is 13.9. The Morgan fingerprint density at radius 1 is 1.33 bits per heavy atom. The van der Waals surface area contributed by atoms with Crippen LogP contribution in [0.5, 0.6) is 0 Å². The quantitative estimate of drug-likeness (QED) is 0.209. The summed E-state index contributed by atoms with van der Waals surface area (Å²) in [4.78, 5) is 17.8. The molecule has 5 nitrogen and oxygen atoms in total. The second kappa shape index (κ2) is 13.5. The van der Waals surface area contributed by atoms with E-state index in [0.717, 1.165) is 57.7 Å². The van der Waals surface area contributed by atoms with Crippen LogP contribution in [0.2, 0.25) is 0 Å². The normalized spacial score (nSPS) is 11.1. The van der Waals surface area contributed by atoms with Gasteiger partial charge in [-0.1, -0.05) is 12.5 Å². The van der Waals surface area contributed by atoms with Crippen LogP contribution < -0.4 is 5.32 Å². The molecule has 0 aromatic carbocycles. The molecule has 0 aromatic rings. The van der Waals surface area contributed by atoms with Crippen LogP contribution in [0.15, 0.2) is 17.6 Å². The molecule has 21 heavy (non-hydrogen) atoms. The van der Waals surface area contributed by atoms with Crippen molar-refractivity contribution in [3.8, 4) is 0 Å². The summed E-state index contributed by atoms with van der Waals surface area (Å²) in [6.45, 7) is 8.44. The van der Waals surface area contributed by atoms with Gasteiger partial charge in [0, 0.05) is 33.1 Å². The number of hydrogen-bond donors (Lipinski definition) is 1. The third-order valence-corrected chi connectivity index (χ3v) is 3.13. The highest BCUT2D eigenvalue weighted by Gasteiger charge is 2.04. The Balaban J connectivity index is 3.97. The van der Waals surface area contributed by atoms with E-state index < -0.39 is 0 Å². The Bertz CT molecular complexity index is 317. The first-order chi connectivity index (χ1) is 10.2. The minimum atomic E-state index is -0.131. The van der Waals surface area contributed by atoms with Crippen molar-refractivity contribution in [2.75, 3.05) is 33.8 Å². The second-order valence-corrected chi connectivity index (χ2v) is 4.97. The number of allylic oxidation sites excluding steroid dienone is 1. The standard InChI is InChI=1S/C16H31N3O2/c1-5-7-11-14-19(3)16(17-6-2)18-13-10-8-9-12-15(20)21-4/h5H,1,6-14H2,2-4H3,(H,17,18). The molecular formula is C16H31N3O2. The predicted molar refractivity (Wildman–Crippen MR) is 88.5 cm³/mol. The van der Waals surface area contributed by atoms with Crippen molar-refractivity contribution >= 4 is 11.9 Å². The molecule has 0 rings (SSSR count). The van der Waals surface area contributed by atoms with E-state index in [4.69, 9.17) is 0 Å². The summed E-state index contributed by atoms with van der Waals surface area (Å²) in [5.74, 6) is 0.823. The summed E-state index contributed by atoms with van der Waals surface area (Å²) in [5, 5.41) is 3.30. The van der Waals surface area contributed by atoms with Gasteiger partial charge in [0.2, 0.25) is 0 Å². The molecule has 0 aliphatic rings. The predicted octanol–water partition coefficient (Wildman–Crippen LogP) is 2.58. The molecule has 0 unspecified atom stereocenters. The lowest BCUT2D eigenvalue weighted by Crippen LogP contribution is -2.39. The van der Waals surface area contributed by atoms with Crippen LogP contribution in [0.3, 0.4) is 0 Å². The number of ether oxygens (including phenoxy) is 1. The van der Waals surface area contributed by atoms with E-state index in [9.17, 15) is 4.79 Å². The van der Waals surface area contributed by atoms with Gasteiger partial charge in [0.05, 0.1) is 7.11 Å². The van der Waals surface area contributed by atoms with Crippen molar-refractivity contribution in [3.63, 3.8) is 0 Å². The molecule has 0 heterocycles. The number of rotatable bonds is 11. The first-order valence-corrected chi connectivity index (χ1v) is 7.82. The van der Waals surface area contributed by atoms with Crippen LogP contribution >= 0.6 is 0 Å². The topological polar surface area (TPSA) is 53.9 Å². The van der Waals surface area contributed by atoms with E-state index in [1.807, 2.05) is 6.08 Å². The van der Waals surface area contributed by atoms with Gasteiger partial charge in [-0.05, 0) is 32.6 Å². The summed E-state index contributed by atoms with van der Waals surface area (Å²) < 4.78 is 4.61. The van der Waals surface area contributed by atoms with Crippen molar-refractivity contribution in [3.05, 3.63) is 12.7 Å². The van der Waals surface area contributed by atoms with Crippen molar-refractivity contribution in [1.82, 2.24) is 10.2 Å². The minimum Gasteiger partial charge on any atom is -0.469 e. The monoisotopic (exact) mass is 297 g/mol. The number of unbranched alkanes of at least 4 members (excludes halogenated alkanes) is 3. The fourth-order valence-corrected chi connectivity index (χ4v) is 1.89. The first-order valence-electron chi connectivity index (χ1n) is 7.82. The Kier molecular flexibility index (Phi) is 12.5. The molecule has 0 bridgehead atoms. The van der Waals surface area contributed by atoms with Crippen molar-refractivity contribution in [2.24, 2.45) is 4.99 Å². The van der Waals surface area contributed by atoms with E-state index in [2.05, 4.69) is 40.5 Å². The molecule has 0 saturated heterocycles. The molecule has 0 atom stereocenters. The number of aliphatic imine (C=N–C) groups is 1. The number of guanidine groups is 1. The third kappa shape index (κ3) is 10.9. The number of nitrogens with one attached hydrogen (secondary N) is 1. The van der Waals surface area contributed by atoms with E-state index in [0.29, 0.717) is 6.42 Å². The van der Waals surface area contributed by atoms with Crippen molar-refractivity contribution < 1.29 is 9.53 Å². The van der Waals surface area contributed by atoms with Gasteiger partial charge in [0.1, 0.15) is 0 Å². The lowest BCUT2D eigenvalue weighted by atomic mass is 10.2. The van der Waals surface area contributed by atoms with Crippen LogP contribution in [0.1, 0.15) is 45.4 Å². The molecule has 5 heteroatoms. The highest BCUT2D eigenvalue weighted by atomic mass is 16.5. The molecule has 0 aromatic heterocycles. The maximum atomic E-state index is 11.0. The zero-order valence-corrected chi connectivity index (χ0v) is 13.9. The maximum absolute atomic E-state index is 11.0. The Morgan fingerprint density at radius 2 is 2.10 bits per heavy atom. The smallest absolute Gasteiger partial charge is 0.305 e. The van der Waals surface area contributed by atoms with Crippen LogP contribution in [0.25, 0.3) is 0 Å². The lowest BCUT2D eigenvalue weighted by molar-refractivity contribution is -0.140. The average molecular weight is 297 g/mol. The van der Waals surface area contributed by atoms with Gasteiger partial charge in [-0.25, -0.2) is 0 Å². The number of carbonyl (C=O) groups excluding carboxylic acids is 1. The molecular weight excluding hydrogens is 266 g/mol. The summed E-state index contributed by atoms with van der Waals surface area (Å²) in [6.07, 6.45) is 7.42. The molecule has 0 spiro atoms. The molecule has 0 aliphatic carbocycles. The van der Waals surface area contributed by atoms with Crippen LogP contribution in [0, 0.1) is 0 Å². The van der Waals surface area contributed by atoms with Gasteiger partial charge < -0.3 is 15.0 Å². The Morgan fingerprint density at radius 3 is 2.71 bits per heavy atom. The van der Waals surface area contributed by atoms with Crippen molar-refractivity contribution in [1.29, 1.82) is 0 Å². The third-order valence-electron chi connectivity index (χ3n) is 3.13. The van der Waals surface area contributed by atoms with Crippen LogP contribution in [-0.4, -0.2) is 50.6 Å². The van der Waals surface area contributed by atoms with Gasteiger partial charge in [-0.2, -0.15) is 0 Å². The average Bonchev–Trinajstić information content (AvgIpc) is 2.49. The SMILES string of the molecule is C=CCCCN(C)C(=NCCCCCC(=O)OC)NCC.